The monoisotopic (exact) mass is 334 g/mol. The molecule has 0 aromatic heterocycles. The number of carbonyl (C=O) groups excluding carboxylic acids is 2. The van der Waals surface area contributed by atoms with Crippen LogP contribution < -0.4 is 10.2 Å². The van der Waals surface area contributed by atoms with Crippen LogP contribution in [0.2, 0.25) is 0 Å². The summed E-state index contributed by atoms with van der Waals surface area (Å²) in [7, 11) is 0. The van der Waals surface area contributed by atoms with Gasteiger partial charge in [0.15, 0.2) is 0 Å². The highest BCUT2D eigenvalue weighted by molar-refractivity contribution is 6.07. The van der Waals surface area contributed by atoms with Gasteiger partial charge in [0.2, 0.25) is 5.91 Å². The van der Waals surface area contributed by atoms with Crippen LogP contribution in [0.4, 0.5) is 11.4 Å². The molecule has 0 radical (unpaired) electrons. The topological polar surface area (TPSA) is 49.4 Å². The van der Waals surface area contributed by atoms with Gasteiger partial charge in [-0.1, -0.05) is 23.8 Å². The van der Waals surface area contributed by atoms with Crippen LogP contribution in [0.1, 0.15) is 40.7 Å². The molecule has 2 amide bonds. The molecule has 1 aliphatic heterocycles. The standard InChI is InChI=1S/C21H22N2O2/c1-14-7-10-19-16(12-14)5-3-11-23(19)21(25)17-4-2-6-18(13-17)22-20(24)15-8-9-15/h2,4,6-7,10,12-13,15H,3,5,8-9,11H2,1H3,(H,22,24). The second-order valence-corrected chi connectivity index (χ2v) is 7.04. The number of anilines is 2. The fourth-order valence-corrected chi connectivity index (χ4v) is 3.41. The van der Waals surface area contributed by atoms with Crippen LogP contribution in [0.15, 0.2) is 42.5 Å². The van der Waals surface area contributed by atoms with Gasteiger partial charge in [0.25, 0.3) is 5.91 Å². The summed E-state index contributed by atoms with van der Waals surface area (Å²) in [6, 6.07) is 13.5. The van der Waals surface area contributed by atoms with Gasteiger partial charge in [-0.15, -0.1) is 0 Å². The quantitative estimate of drug-likeness (QED) is 0.924. The third kappa shape index (κ3) is 3.29. The van der Waals surface area contributed by atoms with Gasteiger partial charge in [-0.05, 0) is 62.4 Å². The lowest BCUT2D eigenvalue weighted by Crippen LogP contribution is -2.35. The highest BCUT2D eigenvalue weighted by atomic mass is 16.2. The zero-order chi connectivity index (χ0) is 17.4. The van der Waals surface area contributed by atoms with Crippen molar-refractivity contribution >= 4 is 23.2 Å². The maximum atomic E-state index is 13.0. The van der Waals surface area contributed by atoms with E-state index >= 15 is 0 Å². The highest BCUT2D eigenvalue weighted by Crippen LogP contribution is 2.31. The van der Waals surface area contributed by atoms with Crippen molar-refractivity contribution in [1.82, 2.24) is 0 Å². The lowest BCUT2D eigenvalue weighted by atomic mass is 9.98. The predicted octanol–water partition coefficient (Wildman–Crippen LogP) is 3.94. The Morgan fingerprint density at radius 1 is 1.12 bits per heavy atom. The number of benzene rings is 2. The van der Waals surface area contributed by atoms with Gasteiger partial charge >= 0.3 is 0 Å². The zero-order valence-corrected chi connectivity index (χ0v) is 14.4. The first-order valence-electron chi connectivity index (χ1n) is 8.94. The maximum absolute atomic E-state index is 13.0. The number of rotatable bonds is 3. The summed E-state index contributed by atoms with van der Waals surface area (Å²) >= 11 is 0. The van der Waals surface area contributed by atoms with Gasteiger partial charge < -0.3 is 10.2 Å². The number of hydrogen-bond acceptors (Lipinski definition) is 2. The smallest absolute Gasteiger partial charge is 0.258 e. The molecule has 1 N–H and O–H groups in total. The number of nitrogens with one attached hydrogen (secondary N) is 1. The van der Waals surface area contributed by atoms with Crippen LogP contribution in [0.3, 0.4) is 0 Å². The molecule has 0 unspecified atom stereocenters. The molecule has 2 aliphatic rings. The van der Waals surface area contributed by atoms with E-state index in [2.05, 4.69) is 24.4 Å². The van der Waals surface area contributed by atoms with Gasteiger partial charge in [-0.25, -0.2) is 0 Å². The average molecular weight is 334 g/mol. The zero-order valence-electron chi connectivity index (χ0n) is 14.4. The molecule has 4 heteroatoms. The first-order valence-corrected chi connectivity index (χ1v) is 8.94. The van der Waals surface area contributed by atoms with Crippen molar-refractivity contribution in [3.8, 4) is 0 Å². The minimum atomic E-state index is -0.00711. The lowest BCUT2D eigenvalue weighted by Gasteiger charge is -2.30. The molecular weight excluding hydrogens is 312 g/mol. The van der Waals surface area contributed by atoms with Crippen LogP contribution in [-0.4, -0.2) is 18.4 Å². The SMILES string of the molecule is Cc1ccc2c(c1)CCCN2C(=O)c1cccc(NC(=O)C2CC2)c1. The molecule has 1 heterocycles. The summed E-state index contributed by atoms with van der Waals surface area (Å²) in [4.78, 5) is 26.9. The van der Waals surface area contributed by atoms with Gasteiger partial charge in [0, 0.05) is 29.4 Å². The second kappa shape index (κ2) is 6.36. The fraction of sp³-hybridized carbons (Fsp3) is 0.333. The molecule has 0 atom stereocenters. The van der Waals surface area contributed by atoms with E-state index in [1.165, 1.54) is 11.1 Å². The first-order chi connectivity index (χ1) is 12.1. The average Bonchev–Trinajstić information content (AvgIpc) is 3.46. The minimum absolute atomic E-state index is 0.00711. The van der Waals surface area contributed by atoms with Gasteiger partial charge in [0.1, 0.15) is 0 Å². The Balaban J connectivity index is 1.58. The number of nitrogens with zero attached hydrogens (tertiary/aromatic N) is 1. The number of carbonyl (C=O) groups is 2. The van der Waals surface area contributed by atoms with E-state index in [1.54, 1.807) is 6.07 Å². The third-order valence-electron chi connectivity index (χ3n) is 4.92. The molecule has 0 bridgehead atoms. The summed E-state index contributed by atoms with van der Waals surface area (Å²) in [5.41, 5.74) is 4.77. The van der Waals surface area contributed by atoms with Crippen LogP contribution in [0.25, 0.3) is 0 Å². The van der Waals surface area contributed by atoms with Crippen molar-refractivity contribution in [2.45, 2.75) is 32.6 Å². The molecular formula is C21H22N2O2. The van der Waals surface area contributed by atoms with Crippen molar-refractivity contribution in [2.24, 2.45) is 5.92 Å². The molecule has 2 aromatic rings. The molecule has 1 fully saturated rings. The Morgan fingerprint density at radius 2 is 1.96 bits per heavy atom. The Labute approximate surface area is 147 Å². The molecule has 1 saturated carbocycles. The number of fused-ring (bicyclic) bond motifs is 1. The van der Waals surface area contributed by atoms with Crippen LogP contribution >= 0.6 is 0 Å². The molecule has 128 valence electrons. The molecule has 25 heavy (non-hydrogen) atoms. The Hall–Kier alpha value is -2.62. The summed E-state index contributed by atoms with van der Waals surface area (Å²) in [5, 5.41) is 2.92. The summed E-state index contributed by atoms with van der Waals surface area (Å²) in [6.07, 6.45) is 3.92. The first kappa shape index (κ1) is 15.9. The van der Waals surface area contributed by atoms with Crippen LogP contribution in [-0.2, 0) is 11.2 Å². The number of hydrogen-bond donors (Lipinski definition) is 1. The Kier molecular flexibility index (Phi) is 4.04. The molecule has 0 spiro atoms. The van der Waals surface area contributed by atoms with E-state index < -0.39 is 0 Å². The van der Waals surface area contributed by atoms with Gasteiger partial charge in [-0.2, -0.15) is 0 Å². The van der Waals surface area contributed by atoms with Crippen LogP contribution in [0.5, 0.6) is 0 Å². The normalized spacial score (nSPS) is 16.3. The molecule has 4 rings (SSSR count). The van der Waals surface area contributed by atoms with E-state index in [4.69, 9.17) is 0 Å². The van der Waals surface area contributed by atoms with Crippen LogP contribution in [0, 0.1) is 12.8 Å². The molecule has 1 aliphatic carbocycles. The number of amides is 2. The summed E-state index contributed by atoms with van der Waals surface area (Å²) in [5.74, 6) is 0.201. The van der Waals surface area contributed by atoms with Gasteiger partial charge in [-0.3, -0.25) is 9.59 Å². The fourth-order valence-electron chi connectivity index (χ4n) is 3.41. The summed E-state index contributed by atoms with van der Waals surface area (Å²) < 4.78 is 0. The van der Waals surface area contributed by atoms with E-state index in [0.29, 0.717) is 11.3 Å². The predicted molar refractivity (Wildman–Crippen MR) is 99.0 cm³/mol. The van der Waals surface area contributed by atoms with E-state index in [1.807, 2.05) is 29.2 Å². The lowest BCUT2D eigenvalue weighted by molar-refractivity contribution is -0.117. The van der Waals surface area contributed by atoms with Crippen molar-refractivity contribution in [3.63, 3.8) is 0 Å². The van der Waals surface area contributed by atoms with Crippen molar-refractivity contribution in [2.75, 3.05) is 16.8 Å². The Bertz CT molecular complexity index is 840. The molecule has 2 aromatic carbocycles. The minimum Gasteiger partial charge on any atom is -0.326 e. The van der Waals surface area contributed by atoms with Crippen molar-refractivity contribution in [1.29, 1.82) is 0 Å². The third-order valence-corrected chi connectivity index (χ3v) is 4.92. The maximum Gasteiger partial charge on any atom is 0.258 e. The van der Waals surface area contributed by atoms with Crippen molar-refractivity contribution in [3.05, 3.63) is 59.2 Å². The second-order valence-electron chi connectivity index (χ2n) is 7.04. The van der Waals surface area contributed by atoms with Gasteiger partial charge in [0.05, 0.1) is 0 Å². The van der Waals surface area contributed by atoms with Crippen molar-refractivity contribution < 1.29 is 9.59 Å². The Morgan fingerprint density at radius 3 is 2.76 bits per heavy atom. The van der Waals surface area contributed by atoms with E-state index in [-0.39, 0.29) is 17.7 Å². The molecule has 0 saturated heterocycles. The molecule has 4 nitrogen and oxygen atoms in total. The van der Waals surface area contributed by atoms with E-state index in [9.17, 15) is 9.59 Å². The highest BCUT2D eigenvalue weighted by Gasteiger charge is 2.30. The van der Waals surface area contributed by atoms with E-state index in [0.717, 1.165) is 37.9 Å². The largest absolute Gasteiger partial charge is 0.326 e. The summed E-state index contributed by atoms with van der Waals surface area (Å²) in [6.45, 7) is 2.81. The number of aryl methyl sites for hydroxylation is 2.